The van der Waals surface area contributed by atoms with E-state index < -0.39 is 18.2 Å². The number of aliphatic hydroxyl groups is 1. The Labute approximate surface area is 92.3 Å². The zero-order valence-electron chi connectivity index (χ0n) is 8.75. The van der Waals surface area contributed by atoms with Crippen LogP contribution in [0.4, 0.5) is 0 Å². The fourth-order valence-electron chi connectivity index (χ4n) is 2.22. The van der Waals surface area contributed by atoms with Crippen LogP contribution in [0.25, 0.3) is 0 Å². The molecule has 0 spiro atoms. The topological polar surface area (TPSA) is 72.8 Å². The quantitative estimate of drug-likeness (QED) is 0.534. The summed E-state index contributed by atoms with van der Waals surface area (Å²) in [6, 6.07) is 0. The van der Waals surface area contributed by atoms with Gasteiger partial charge in [0.05, 0.1) is 24.9 Å². The third-order valence-corrected chi connectivity index (χ3v) is 3.02. The fraction of sp³-hybridized carbons (Fsp3) is 0.455. The van der Waals surface area contributed by atoms with Crippen molar-refractivity contribution < 1.29 is 24.2 Å². The van der Waals surface area contributed by atoms with E-state index in [0.29, 0.717) is 23.9 Å². The molecule has 1 unspecified atom stereocenters. The molecule has 0 aromatic carbocycles. The highest BCUT2D eigenvalue weighted by molar-refractivity contribution is 5.90. The number of carbonyl (C=O) groups excluding carboxylic acids is 2. The molecule has 1 N–H and O–H groups in total. The van der Waals surface area contributed by atoms with Gasteiger partial charge in [-0.1, -0.05) is 6.08 Å². The molecule has 0 saturated heterocycles. The fourth-order valence-corrected chi connectivity index (χ4v) is 2.22. The van der Waals surface area contributed by atoms with Gasteiger partial charge >= 0.3 is 5.97 Å². The summed E-state index contributed by atoms with van der Waals surface area (Å²) in [7, 11) is 1.28. The third kappa shape index (κ3) is 1.53. The van der Waals surface area contributed by atoms with Crippen molar-refractivity contribution in [2.24, 2.45) is 11.8 Å². The Bertz CT molecular complexity index is 382. The Morgan fingerprint density at radius 3 is 3.06 bits per heavy atom. The average molecular weight is 224 g/mol. The Hall–Kier alpha value is -1.62. The molecule has 0 saturated carbocycles. The molecule has 0 aromatic heterocycles. The van der Waals surface area contributed by atoms with E-state index in [1.165, 1.54) is 13.4 Å². The Balaban J connectivity index is 2.29. The molecule has 5 nitrogen and oxygen atoms in total. The monoisotopic (exact) mass is 224 g/mol. The maximum Gasteiger partial charge on any atom is 0.337 e. The van der Waals surface area contributed by atoms with Crippen molar-refractivity contribution in [3.8, 4) is 0 Å². The van der Waals surface area contributed by atoms with Crippen LogP contribution in [0, 0.1) is 11.8 Å². The van der Waals surface area contributed by atoms with Gasteiger partial charge in [-0.2, -0.15) is 0 Å². The van der Waals surface area contributed by atoms with Crippen LogP contribution in [0.15, 0.2) is 23.5 Å². The number of methoxy groups -OCH3 is 1. The molecule has 0 fully saturated rings. The second-order valence-corrected chi connectivity index (χ2v) is 3.78. The van der Waals surface area contributed by atoms with Crippen molar-refractivity contribution in [1.29, 1.82) is 0 Å². The van der Waals surface area contributed by atoms with E-state index in [0.717, 1.165) is 0 Å². The molecule has 0 bridgehead atoms. The zero-order chi connectivity index (χ0) is 11.7. The maximum atomic E-state index is 11.4. The van der Waals surface area contributed by atoms with Crippen LogP contribution < -0.4 is 0 Å². The first-order valence-corrected chi connectivity index (χ1v) is 4.96. The van der Waals surface area contributed by atoms with Crippen LogP contribution in [0.3, 0.4) is 0 Å². The molecule has 1 aliphatic heterocycles. The number of aliphatic hydroxyl groups excluding tert-OH is 1. The average Bonchev–Trinajstić information content (AvgIpc) is 2.73. The second kappa shape index (κ2) is 4.09. The number of allylic oxidation sites excluding steroid dienone is 1. The Morgan fingerprint density at radius 1 is 1.69 bits per heavy atom. The summed E-state index contributed by atoms with van der Waals surface area (Å²) in [6.45, 7) is 0. The summed E-state index contributed by atoms with van der Waals surface area (Å²) >= 11 is 0. The smallest absolute Gasteiger partial charge is 0.337 e. The molecule has 2 aliphatic rings. The van der Waals surface area contributed by atoms with Crippen molar-refractivity contribution in [1.82, 2.24) is 0 Å². The van der Waals surface area contributed by atoms with Gasteiger partial charge in [-0.05, 0) is 12.0 Å². The molecule has 5 heteroatoms. The number of rotatable bonds is 2. The van der Waals surface area contributed by atoms with Crippen molar-refractivity contribution in [3.63, 3.8) is 0 Å². The van der Waals surface area contributed by atoms with Gasteiger partial charge in [0.1, 0.15) is 6.29 Å². The molecule has 3 atom stereocenters. The summed E-state index contributed by atoms with van der Waals surface area (Å²) in [5.41, 5.74) is 0.845. The van der Waals surface area contributed by atoms with Crippen LogP contribution in [-0.4, -0.2) is 30.8 Å². The number of carbonyl (C=O) groups is 2. The van der Waals surface area contributed by atoms with Crippen LogP contribution in [0.2, 0.25) is 0 Å². The van der Waals surface area contributed by atoms with E-state index in [-0.39, 0.29) is 5.92 Å². The number of hydrogen-bond donors (Lipinski definition) is 1. The lowest BCUT2D eigenvalue weighted by Crippen LogP contribution is -2.35. The van der Waals surface area contributed by atoms with Gasteiger partial charge in [-0.3, -0.25) is 4.79 Å². The lowest BCUT2D eigenvalue weighted by atomic mass is 9.84. The minimum Gasteiger partial charge on any atom is -0.471 e. The van der Waals surface area contributed by atoms with E-state index in [1.54, 1.807) is 6.08 Å². The van der Waals surface area contributed by atoms with Gasteiger partial charge in [-0.15, -0.1) is 0 Å². The van der Waals surface area contributed by atoms with Gasteiger partial charge in [0, 0.05) is 5.92 Å². The maximum absolute atomic E-state index is 11.4. The SMILES string of the molecule is COC(=O)C1=COC(O)[C@@H]2C(C=O)=CC[C@H]12. The van der Waals surface area contributed by atoms with Crippen molar-refractivity contribution in [2.75, 3.05) is 7.11 Å². The molecular weight excluding hydrogens is 212 g/mol. The Kier molecular flexibility index (Phi) is 2.78. The van der Waals surface area contributed by atoms with Gasteiger partial charge in [-0.25, -0.2) is 4.79 Å². The first-order valence-electron chi connectivity index (χ1n) is 4.96. The summed E-state index contributed by atoms with van der Waals surface area (Å²) in [5.74, 6) is -1.17. The summed E-state index contributed by atoms with van der Waals surface area (Å²) < 4.78 is 9.57. The minimum atomic E-state index is -1.07. The molecule has 1 heterocycles. The van der Waals surface area contributed by atoms with E-state index in [1.807, 2.05) is 0 Å². The molecule has 0 radical (unpaired) electrons. The highest BCUT2D eigenvalue weighted by atomic mass is 16.6. The number of ether oxygens (including phenoxy) is 2. The molecular formula is C11H12O5. The van der Waals surface area contributed by atoms with Gasteiger partial charge in [0.25, 0.3) is 0 Å². The summed E-state index contributed by atoms with van der Waals surface area (Å²) in [6.07, 6.45) is 3.10. The molecule has 2 rings (SSSR count). The number of aldehydes is 1. The van der Waals surface area contributed by atoms with E-state index in [2.05, 4.69) is 4.74 Å². The third-order valence-electron chi connectivity index (χ3n) is 3.02. The van der Waals surface area contributed by atoms with Crippen LogP contribution in [-0.2, 0) is 19.1 Å². The van der Waals surface area contributed by atoms with Crippen molar-refractivity contribution >= 4 is 12.3 Å². The molecule has 0 aromatic rings. The summed E-state index contributed by atoms with van der Waals surface area (Å²) in [5, 5.41) is 9.63. The largest absolute Gasteiger partial charge is 0.471 e. The van der Waals surface area contributed by atoms with Crippen molar-refractivity contribution in [3.05, 3.63) is 23.5 Å². The van der Waals surface area contributed by atoms with Crippen LogP contribution >= 0.6 is 0 Å². The second-order valence-electron chi connectivity index (χ2n) is 3.78. The van der Waals surface area contributed by atoms with Gasteiger partial charge in [0.15, 0.2) is 0 Å². The van der Waals surface area contributed by atoms with Crippen LogP contribution in [0.5, 0.6) is 0 Å². The number of esters is 1. The van der Waals surface area contributed by atoms with E-state index >= 15 is 0 Å². The molecule has 0 amide bonds. The normalized spacial score (nSPS) is 32.0. The van der Waals surface area contributed by atoms with Crippen LogP contribution in [0.1, 0.15) is 6.42 Å². The summed E-state index contributed by atoms with van der Waals surface area (Å²) in [4.78, 5) is 22.2. The highest BCUT2D eigenvalue weighted by Crippen LogP contribution is 2.41. The first kappa shape index (κ1) is 10.9. The lowest BCUT2D eigenvalue weighted by molar-refractivity contribution is -0.142. The lowest BCUT2D eigenvalue weighted by Gasteiger charge is -2.30. The molecule has 16 heavy (non-hydrogen) atoms. The minimum absolute atomic E-state index is 0.226. The zero-order valence-corrected chi connectivity index (χ0v) is 8.75. The Morgan fingerprint density at radius 2 is 2.44 bits per heavy atom. The first-order chi connectivity index (χ1) is 7.69. The standard InChI is InChI=1S/C11H12O5/c1-15-10(13)8-5-16-11(14)9-6(4-12)2-3-7(8)9/h2,4-5,7,9,11,14H,3H2,1H3/t7-,9-,11?/m1/s1. The molecule has 86 valence electrons. The predicted molar refractivity (Wildman–Crippen MR) is 52.9 cm³/mol. The number of hydrogen-bond acceptors (Lipinski definition) is 5. The van der Waals surface area contributed by atoms with Crippen molar-refractivity contribution in [2.45, 2.75) is 12.7 Å². The van der Waals surface area contributed by atoms with E-state index in [4.69, 9.17) is 4.74 Å². The number of fused-ring (bicyclic) bond motifs is 1. The molecule has 1 aliphatic carbocycles. The van der Waals surface area contributed by atoms with Gasteiger partial charge in [0.2, 0.25) is 6.29 Å². The predicted octanol–water partition coefficient (Wildman–Crippen LogP) is 0.153. The van der Waals surface area contributed by atoms with E-state index in [9.17, 15) is 14.7 Å². The van der Waals surface area contributed by atoms with Gasteiger partial charge < -0.3 is 14.6 Å². The highest BCUT2D eigenvalue weighted by Gasteiger charge is 2.43.